The maximum Gasteiger partial charge on any atom is 0.223 e. The first-order valence-electron chi connectivity index (χ1n) is 9.07. The van der Waals surface area contributed by atoms with E-state index < -0.39 is 0 Å². The summed E-state index contributed by atoms with van der Waals surface area (Å²) >= 11 is 0. The molecule has 3 nitrogen and oxygen atoms in total. The van der Waals surface area contributed by atoms with Gasteiger partial charge in [-0.15, -0.1) is 0 Å². The molecule has 1 saturated carbocycles. The number of hydrogen-bond donors (Lipinski definition) is 2. The van der Waals surface area contributed by atoms with Gasteiger partial charge < -0.3 is 11.1 Å². The van der Waals surface area contributed by atoms with E-state index in [1.807, 2.05) is 12.1 Å². The fourth-order valence-electron chi connectivity index (χ4n) is 3.96. The van der Waals surface area contributed by atoms with Crippen molar-refractivity contribution in [2.45, 2.75) is 53.0 Å². The molecule has 23 heavy (non-hydrogen) atoms. The maximum atomic E-state index is 12.7. The lowest BCUT2D eigenvalue weighted by molar-refractivity contribution is -0.129. The van der Waals surface area contributed by atoms with Gasteiger partial charge >= 0.3 is 0 Å². The van der Waals surface area contributed by atoms with Crippen LogP contribution in [0.5, 0.6) is 0 Å². The molecule has 0 saturated heterocycles. The van der Waals surface area contributed by atoms with E-state index in [1.54, 1.807) is 0 Å². The van der Waals surface area contributed by atoms with Crippen LogP contribution in [0.4, 0.5) is 0 Å². The first-order valence-corrected chi connectivity index (χ1v) is 9.07. The zero-order valence-corrected chi connectivity index (χ0v) is 14.8. The van der Waals surface area contributed by atoms with Crippen molar-refractivity contribution in [3.05, 3.63) is 35.4 Å². The van der Waals surface area contributed by atoms with E-state index in [0.717, 1.165) is 12.8 Å². The van der Waals surface area contributed by atoms with Gasteiger partial charge in [-0.25, -0.2) is 0 Å². The molecule has 0 heterocycles. The summed E-state index contributed by atoms with van der Waals surface area (Å²) in [6, 6.07) is 8.22. The number of benzene rings is 1. The zero-order valence-electron chi connectivity index (χ0n) is 14.8. The summed E-state index contributed by atoms with van der Waals surface area (Å²) < 4.78 is 0. The molecule has 0 spiro atoms. The van der Waals surface area contributed by atoms with Crippen LogP contribution in [0.25, 0.3) is 0 Å². The minimum absolute atomic E-state index is 0.184. The van der Waals surface area contributed by atoms with Crippen molar-refractivity contribution in [2.75, 3.05) is 6.54 Å². The van der Waals surface area contributed by atoms with E-state index in [-0.39, 0.29) is 11.8 Å². The van der Waals surface area contributed by atoms with Gasteiger partial charge in [-0.2, -0.15) is 0 Å². The molecule has 0 aromatic heterocycles. The molecular weight excluding hydrogens is 284 g/mol. The Bertz CT molecular complexity index is 512. The summed E-state index contributed by atoms with van der Waals surface area (Å²) in [5.74, 6) is 2.21. The fraction of sp³-hybridized carbons (Fsp3) is 0.650. The molecule has 3 N–H and O–H groups in total. The second-order valence-electron chi connectivity index (χ2n) is 7.45. The number of nitrogens with two attached hydrogens (primary N) is 1. The number of carbonyl (C=O) groups excluding carboxylic acids is 1. The SMILES string of the molecule is CC(C)[C@@H]1CC[C@@H](C)C[C@H]1C(=O)NCCc1ccccc1CN. The highest BCUT2D eigenvalue weighted by atomic mass is 16.1. The highest BCUT2D eigenvalue weighted by Gasteiger charge is 2.35. The molecule has 3 heteroatoms. The molecule has 0 aliphatic heterocycles. The van der Waals surface area contributed by atoms with Crippen molar-refractivity contribution in [1.82, 2.24) is 5.32 Å². The molecule has 1 fully saturated rings. The van der Waals surface area contributed by atoms with Crippen molar-refractivity contribution in [1.29, 1.82) is 0 Å². The molecule has 0 bridgehead atoms. The predicted molar refractivity (Wildman–Crippen MR) is 95.9 cm³/mol. The summed E-state index contributed by atoms with van der Waals surface area (Å²) in [4.78, 5) is 12.7. The average molecular weight is 316 g/mol. The van der Waals surface area contributed by atoms with Crippen LogP contribution < -0.4 is 11.1 Å². The monoisotopic (exact) mass is 316 g/mol. The summed E-state index contributed by atoms with van der Waals surface area (Å²) in [5.41, 5.74) is 8.20. The van der Waals surface area contributed by atoms with Crippen molar-refractivity contribution in [3.8, 4) is 0 Å². The highest BCUT2D eigenvalue weighted by molar-refractivity contribution is 5.79. The van der Waals surface area contributed by atoms with Crippen LogP contribution in [0, 0.1) is 23.7 Å². The van der Waals surface area contributed by atoms with Gasteiger partial charge in [0.05, 0.1) is 0 Å². The van der Waals surface area contributed by atoms with Crippen LogP contribution in [-0.4, -0.2) is 12.5 Å². The summed E-state index contributed by atoms with van der Waals surface area (Å²) in [5, 5.41) is 3.18. The highest BCUT2D eigenvalue weighted by Crippen LogP contribution is 2.38. The molecule has 0 radical (unpaired) electrons. The van der Waals surface area contributed by atoms with E-state index in [2.05, 4.69) is 38.2 Å². The Hall–Kier alpha value is -1.35. The van der Waals surface area contributed by atoms with Crippen molar-refractivity contribution >= 4 is 5.91 Å². The third kappa shape index (κ3) is 4.81. The Morgan fingerprint density at radius 2 is 1.96 bits per heavy atom. The standard InChI is InChI=1S/C20H32N2O/c1-14(2)18-9-8-15(3)12-19(18)20(23)22-11-10-16-6-4-5-7-17(16)13-21/h4-7,14-15,18-19H,8-13,21H2,1-3H3,(H,22,23)/t15-,18+,19-/m1/s1. The van der Waals surface area contributed by atoms with Crippen LogP contribution in [-0.2, 0) is 17.8 Å². The lowest BCUT2D eigenvalue weighted by atomic mass is 9.70. The molecule has 3 atom stereocenters. The number of rotatable bonds is 6. The summed E-state index contributed by atoms with van der Waals surface area (Å²) in [6.07, 6.45) is 4.34. The van der Waals surface area contributed by atoms with Gasteiger partial charge in [-0.3, -0.25) is 4.79 Å². The van der Waals surface area contributed by atoms with Gasteiger partial charge in [0, 0.05) is 19.0 Å². The Labute approximate surface area is 141 Å². The van der Waals surface area contributed by atoms with Crippen LogP contribution >= 0.6 is 0 Å². The molecular formula is C20H32N2O. The second-order valence-corrected chi connectivity index (χ2v) is 7.45. The van der Waals surface area contributed by atoms with Crippen LogP contribution in [0.15, 0.2) is 24.3 Å². The number of carbonyl (C=O) groups is 1. The Morgan fingerprint density at radius 3 is 2.61 bits per heavy atom. The van der Waals surface area contributed by atoms with E-state index in [0.29, 0.717) is 30.8 Å². The first-order chi connectivity index (χ1) is 11.0. The lowest BCUT2D eigenvalue weighted by Crippen LogP contribution is -2.40. The molecule has 1 aromatic rings. The zero-order chi connectivity index (χ0) is 16.8. The average Bonchev–Trinajstić information content (AvgIpc) is 2.54. The van der Waals surface area contributed by atoms with Crippen LogP contribution in [0.3, 0.4) is 0 Å². The van der Waals surface area contributed by atoms with Crippen LogP contribution in [0.2, 0.25) is 0 Å². The van der Waals surface area contributed by atoms with Crippen molar-refractivity contribution in [3.63, 3.8) is 0 Å². The Morgan fingerprint density at radius 1 is 1.26 bits per heavy atom. The topological polar surface area (TPSA) is 55.1 Å². The third-order valence-corrected chi connectivity index (χ3v) is 5.39. The van der Waals surface area contributed by atoms with Gasteiger partial charge in [-0.1, -0.05) is 51.5 Å². The molecule has 1 amide bonds. The lowest BCUT2D eigenvalue weighted by Gasteiger charge is -2.36. The van der Waals surface area contributed by atoms with Gasteiger partial charge in [-0.05, 0) is 48.1 Å². The summed E-state index contributed by atoms with van der Waals surface area (Å²) in [6.45, 7) is 8.02. The van der Waals surface area contributed by atoms with E-state index in [9.17, 15) is 4.79 Å². The third-order valence-electron chi connectivity index (χ3n) is 5.39. The predicted octanol–water partition coefficient (Wildman–Crippen LogP) is 3.51. The minimum atomic E-state index is 0.184. The molecule has 2 rings (SSSR count). The molecule has 1 aromatic carbocycles. The molecule has 128 valence electrons. The second kappa shape index (κ2) is 8.49. The first kappa shape index (κ1) is 18.0. The number of nitrogens with one attached hydrogen (secondary N) is 1. The quantitative estimate of drug-likeness (QED) is 0.844. The molecule has 1 aliphatic carbocycles. The number of amides is 1. The minimum Gasteiger partial charge on any atom is -0.356 e. The largest absolute Gasteiger partial charge is 0.356 e. The van der Waals surface area contributed by atoms with E-state index in [1.165, 1.54) is 24.0 Å². The van der Waals surface area contributed by atoms with Gasteiger partial charge in [0.15, 0.2) is 0 Å². The molecule has 0 unspecified atom stereocenters. The van der Waals surface area contributed by atoms with Gasteiger partial charge in [0.25, 0.3) is 0 Å². The molecule has 1 aliphatic rings. The van der Waals surface area contributed by atoms with E-state index in [4.69, 9.17) is 5.73 Å². The van der Waals surface area contributed by atoms with Crippen molar-refractivity contribution < 1.29 is 4.79 Å². The van der Waals surface area contributed by atoms with Gasteiger partial charge in [0.1, 0.15) is 0 Å². The van der Waals surface area contributed by atoms with Crippen molar-refractivity contribution in [2.24, 2.45) is 29.4 Å². The number of hydrogen-bond acceptors (Lipinski definition) is 2. The Kier molecular flexibility index (Phi) is 6.64. The maximum absolute atomic E-state index is 12.7. The van der Waals surface area contributed by atoms with Crippen LogP contribution in [0.1, 0.15) is 51.2 Å². The summed E-state index contributed by atoms with van der Waals surface area (Å²) in [7, 11) is 0. The van der Waals surface area contributed by atoms with E-state index >= 15 is 0 Å². The Balaban J connectivity index is 1.90. The van der Waals surface area contributed by atoms with Gasteiger partial charge in [0.2, 0.25) is 5.91 Å². The normalized spacial score (nSPS) is 24.7. The smallest absolute Gasteiger partial charge is 0.223 e. The fourth-order valence-corrected chi connectivity index (χ4v) is 3.96.